The summed E-state index contributed by atoms with van der Waals surface area (Å²) in [7, 11) is 1.84. The first-order valence-corrected chi connectivity index (χ1v) is 10.7. The molecule has 0 unspecified atom stereocenters. The van der Waals surface area contributed by atoms with Crippen molar-refractivity contribution in [1.82, 2.24) is 15.5 Å². The minimum atomic E-state index is 0.690. The molecule has 2 aliphatic rings. The van der Waals surface area contributed by atoms with Gasteiger partial charge in [-0.25, -0.2) is 0 Å². The molecule has 0 spiro atoms. The molecular formula is C20H40N4O2. The van der Waals surface area contributed by atoms with Crippen molar-refractivity contribution >= 4 is 5.96 Å². The number of hydrogen-bond donors (Lipinski definition) is 2. The highest BCUT2D eigenvalue weighted by molar-refractivity contribution is 5.79. The molecule has 2 rings (SSSR count). The number of nitrogens with zero attached hydrogens (tertiary/aromatic N) is 2. The molecule has 2 saturated heterocycles. The van der Waals surface area contributed by atoms with Crippen molar-refractivity contribution in [3.05, 3.63) is 0 Å². The maximum Gasteiger partial charge on any atom is 0.190 e. The van der Waals surface area contributed by atoms with Crippen LogP contribution in [-0.4, -0.2) is 77.1 Å². The molecule has 0 amide bonds. The number of aliphatic imine (C=N–C) groups is 1. The predicted octanol–water partition coefficient (Wildman–Crippen LogP) is 2.25. The zero-order valence-electron chi connectivity index (χ0n) is 16.8. The van der Waals surface area contributed by atoms with E-state index in [1.165, 1.54) is 51.7 Å². The van der Waals surface area contributed by atoms with Crippen LogP contribution in [-0.2, 0) is 9.47 Å². The van der Waals surface area contributed by atoms with Gasteiger partial charge in [-0.15, -0.1) is 0 Å². The van der Waals surface area contributed by atoms with Crippen molar-refractivity contribution in [1.29, 1.82) is 0 Å². The quantitative estimate of drug-likeness (QED) is 0.352. The molecule has 6 nitrogen and oxygen atoms in total. The first-order chi connectivity index (χ1) is 12.9. The Bertz CT molecular complexity index is 365. The van der Waals surface area contributed by atoms with Crippen LogP contribution < -0.4 is 10.6 Å². The topological polar surface area (TPSA) is 58.1 Å². The summed E-state index contributed by atoms with van der Waals surface area (Å²) in [4.78, 5) is 6.92. The van der Waals surface area contributed by atoms with Crippen LogP contribution in [0.3, 0.4) is 0 Å². The first kappa shape index (κ1) is 21.5. The molecule has 2 fully saturated rings. The van der Waals surface area contributed by atoms with E-state index in [2.05, 4.69) is 20.5 Å². The van der Waals surface area contributed by atoms with Crippen molar-refractivity contribution < 1.29 is 9.47 Å². The van der Waals surface area contributed by atoms with E-state index < -0.39 is 0 Å². The van der Waals surface area contributed by atoms with Crippen molar-refractivity contribution in [2.45, 2.75) is 51.4 Å². The average molecular weight is 369 g/mol. The van der Waals surface area contributed by atoms with Crippen LogP contribution in [0, 0.1) is 5.92 Å². The van der Waals surface area contributed by atoms with E-state index in [0.717, 1.165) is 64.7 Å². The number of likely N-dealkylation sites (tertiary alicyclic amines) is 1. The number of rotatable bonds is 10. The first-order valence-electron chi connectivity index (χ1n) is 10.7. The maximum absolute atomic E-state index is 5.80. The van der Waals surface area contributed by atoms with Gasteiger partial charge in [0.1, 0.15) is 0 Å². The molecule has 2 aliphatic heterocycles. The fourth-order valence-corrected chi connectivity index (χ4v) is 3.63. The fraction of sp³-hybridized carbons (Fsp3) is 0.950. The number of ether oxygens (including phenoxy) is 2. The monoisotopic (exact) mass is 368 g/mol. The lowest BCUT2D eigenvalue weighted by Gasteiger charge is -2.21. The summed E-state index contributed by atoms with van der Waals surface area (Å²) in [5.74, 6) is 1.60. The molecule has 2 heterocycles. The molecule has 6 heteroatoms. The van der Waals surface area contributed by atoms with E-state index in [-0.39, 0.29) is 0 Å². The second kappa shape index (κ2) is 14.2. The third kappa shape index (κ3) is 9.74. The van der Waals surface area contributed by atoms with Gasteiger partial charge in [-0.1, -0.05) is 12.8 Å². The molecule has 152 valence electrons. The minimum Gasteiger partial charge on any atom is -0.381 e. The molecule has 0 radical (unpaired) electrons. The molecule has 0 aromatic heterocycles. The van der Waals surface area contributed by atoms with Gasteiger partial charge in [0.05, 0.1) is 0 Å². The van der Waals surface area contributed by atoms with Crippen molar-refractivity contribution in [3.8, 4) is 0 Å². The Morgan fingerprint density at radius 3 is 2.42 bits per heavy atom. The average Bonchev–Trinajstić information content (AvgIpc) is 2.96. The van der Waals surface area contributed by atoms with Crippen LogP contribution >= 0.6 is 0 Å². The number of hydrogen-bond acceptors (Lipinski definition) is 4. The van der Waals surface area contributed by atoms with Gasteiger partial charge < -0.3 is 25.0 Å². The van der Waals surface area contributed by atoms with E-state index in [4.69, 9.17) is 9.47 Å². The fourth-order valence-electron chi connectivity index (χ4n) is 3.63. The summed E-state index contributed by atoms with van der Waals surface area (Å²) in [5.41, 5.74) is 0. The molecule has 0 saturated carbocycles. The van der Waals surface area contributed by atoms with Crippen molar-refractivity contribution in [3.63, 3.8) is 0 Å². The Kier molecular flexibility index (Phi) is 11.7. The van der Waals surface area contributed by atoms with E-state index in [9.17, 15) is 0 Å². The predicted molar refractivity (Wildman–Crippen MR) is 108 cm³/mol. The maximum atomic E-state index is 5.80. The second-order valence-corrected chi connectivity index (χ2v) is 7.52. The molecular weight excluding hydrogens is 328 g/mol. The van der Waals surface area contributed by atoms with Crippen molar-refractivity contribution in [2.75, 3.05) is 66.2 Å². The molecule has 0 atom stereocenters. The molecule has 26 heavy (non-hydrogen) atoms. The molecule has 2 N–H and O–H groups in total. The lowest BCUT2D eigenvalue weighted by molar-refractivity contribution is 0.0203. The Hall–Kier alpha value is -0.850. The standard InChI is InChI=1S/C20H40N4O2/c1-21-20(22-10-6-14-24-12-4-2-3-5-13-24)23-11-7-15-26-18-19-8-16-25-17-9-19/h19H,2-18H2,1H3,(H2,21,22,23). The van der Waals surface area contributed by atoms with Gasteiger partial charge in [0, 0.05) is 46.6 Å². The normalized spacial score (nSPS) is 20.7. The molecule has 0 aromatic rings. The summed E-state index contributed by atoms with van der Waals surface area (Å²) >= 11 is 0. The van der Waals surface area contributed by atoms with E-state index in [1.807, 2.05) is 7.05 Å². The van der Waals surface area contributed by atoms with Gasteiger partial charge in [0.2, 0.25) is 0 Å². The van der Waals surface area contributed by atoms with Gasteiger partial charge in [0.25, 0.3) is 0 Å². The number of guanidine groups is 1. The molecule has 0 aromatic carbocycles. The van der Waals surface area contributed by atoms with Gasteiger partial charge in [-0.2, -0.15) is 0 Å². The lowest BCUT2D eigenvalue weighted by Crippen LogP contribution is -2.39. The molecule has 0 bridgehead atoms. The third-order valence-electron chi connectivity index (χ3n) is 5.32. The minimum absolute atomic E-state index is 0.690. The number of nitrogens with one attached hydrogen (secondary N) is 2. The largest absolute Gasteiger partial charge is 0.381 e. The SMILES string of the molecule is CN=C(NCCCOCC1CCOCC1)NCCCN1CCCCCC1. The van der Waals surface area contributed by atoms with Crippen LogP contribution in [0.15, 0.2) is 4.99 Å². The van der Waals surface area contributed by atoms with E-state index in [1.54, 1.807) is 0 Å². The van der Waals surface area contributed by atoms with Gasteiger partial charge in [-0.05, 0) is 64.1 Å². The highest BCUT2D eigenvalue weighted by atomic mass is 16.5. The van der Waals surface area contributed by atoms with Crippen LogP contribution in [0.25, 0.3) is 0 Å². The van der Waals surface area contributed by atoms with Crippen LogP contribution in [0.2, 0.25) is 0 Å². The summed E-state index contributed by atoms with van der Waals surface area (Å²) in [6.45, 7) is 9.13. The highest BCUT2D eigenvalue weighted by Gasteiger charge is 2.13. The van der Waals surface area contributed by atoms with Crippen molar-refractivity contribution in [2.24, 2.45) is 10.9 Å². The van der Waals surface area contributed by atoms with Gasteiger partial charge >= 0.3 is 0 Å². The van der Waals surface area contributed by atoms with Gasteiger partial charge in [0.15, 0.2) is 5.96 Å². The summed E-state index contributed by atoms with van der Waals surface area (Å²) < 4.78 is 11.2. The Balaban J connectivity index is 1.42. The summed E-state index contributed by atoms with van der Waals surface area (Å²) in [5, 5.41) is 6.81. The zero-order chi connectivity index (χ0) is 18.3. The Morgan fingerprint density at radius 1 is 1.04 bits per heavy atom. The zero-order valence-corrected chi connectivity index (χ0v) is 16.8. The van der Waals surface area contributed by atoms with Crippen LogP contribution in [0.4, 0.5) is 0 Å². The van der Waals surface area contributed by atoms with Gasteiger partial charge in [-0.3, -0.25) is 4.99 Å². The molecule has 0 aliphatic carbocycles. The lowest BCUT2D eigenvalue weighted by atomic mass is 10.0. The second-order valence-electron chi connectivity index (χ2n) is 7.52. The smallest absolute Gasteiger partial charge is 0.190 e. The summed E-state index contributed by atoms with van der Waals surface area (Å²) in [6, 6.07) is 0. The summed E-state index contributed by atoms with van der Waals surface area (Å²) in [6.07, 6.45) is 10.0. The Labute approximate surface area is 160 Å². The third-order valence-corrected chi connectivity index (χ3v) is 5.32. The van der Waals surface area contributed by atoms with Crippen LogP contribution in [0.5, 0.6) is 0 Å². The van der Waals surface area contributed by atoms with Crippen LogP contribution in [0.1, 0.15) is 51.4 Å². The van der Waals surface area contributed by atoms with E-state index >= 15 is 0 Å². The van der Waals surface area contributed by atoms with E-state index in [0.29, 0.717) is 5.92 Å². The Morgan fingerprint density at radius 2 is 1.73 bits per heavy atom. The highest BCUT2D eigenvalue weighted by Crippen LogP contribution is 2.14.